The number of hydrogen-bond acceptors (Lipinski definition) is 4. The van der Waals surface area contributed by atoms with E-state index in [0.717, 1.165) is 45.4 Å². The Labute approximate surface area is 137 Å². The first-order chi connectivity index (χ1) is 11.2. The van der Waals surface area contributed by atoms with Gasteiger partial charge in [-0.05, 0) is 49.9 Å². The zero-order chi connectivity index (χ0) is 15.9. The Balaban J connectivity index is 1.42. The number of anilines is 1. The summed E-state index contributed by atoms with van der Waals surface area (Å²) < 4.78 is 0. The van der Waals surface area contributed by atoms with Gasteiger partial charge in [0.25, 0.3) is 0 Å². The van der Waals surface area contributed by atoms with Gasteiger partial charge in [-0.15, -0.1) is 0 Å². The standard InChI is InChI=1S/C18H25N3O2/c22-15-10-18(17(23)20-11-15)5-8-21(9-6-18)12-14-3-1-2-13-4-7-19-16(13)14/h1-3,15,19,22H,4-12H2,(H,20,23). The molecule has 3 aliphatic rings. The van der Waals surface area contributed by atoms with E-state index < -0.39 is 0 Å². The fourth-order valence-corrected chi connectivity index (χ4v) is 4.37. The van der Waals surface area contributed by atoms with Crippen molar-refractivity contribution >= 4 is 11.6 Å². The summed E-state index contributed by atoms with van der Waals surface area (Å²) in [6.45, 7) is 4.23. The number of nitrogens with zero attached hydrogens (tertiary/aromatic N) is 1. The minimum Gasteiger partial charge on any atom is -0.391 e. The largest absolute Gasteiger partial charge is 0.391 e. The second-order valence-corrected chi connectivity index (χ2v) is 7.25. The van der Waals surface area contributed by atoms with Crippen LogP contribution in [0.1, 0.15) is 30.4 Å². The summed E-state index contributed by atoms with van der Waals surface area (Å²) in [4.78, 5) is 14.7. The molecule has 5 heteroatoms. The first-order valence-electron chi connectivity index (χ1n) is 8.70. The number of rotatable bonds is 2. The highest BCUT2D eigenvalue weighted by Gasteiger charge is 2.45. The quantitative estimate of drug-likeness (QED) is 0.765. The van der Waals surface area contributed by atoms with Gasteiger partial charge in [-0.2, -0.15) is 0 Å². The molecule has 0 saturated carbocycles. The van der Waals surface area contributed by atoms with Crippen molar-refractivity contribution in [3.63, 3.8) is 0 Å². The molecule has 4 rings (SSSR count). The van der Waals surface area contributed by atoms with Crippen LogP contribution in [0, 0.1) is 5.41 Å². The van der Waals surface area contributed by atoms with Crippen molar-refractivity contribution in [2.24, 2.45) is 5.41 Å². The third kappa shape index (κ3) is 2.72. The Morgan fingerprint density at radius 2 is 2.09 bits per heavy atom. The number of carbonyl (C=O) groups is 1. The van der Waals surface area contributed by atoms with Crippen molar-refractivity contribution in [1.82, 2.24) is 10.2 Å². The number of benzene rings is 1. The molecule has 1 unspecified atom stereocenters. The lowest BCUT2D eigenvalue weighted by atomic mass is 9.71. The maximum absolute atomic E-state index is 12.3. The van der Waals surface area contributed by atoms with E-state index in [4.69, 9.17) is 0 Å². The Morgan fingerprint density at radius 3 is 2.91 bits per heavy atom. The van der Waals surface area contributed by atoms with E-state index in [0.29, 0.717) is 13.0 Å². The van der Waals surface area contributed by atoms with Crippen molar-refractivity contribution in [3.05, 3.63) is 29.3 Å². The molecular formula is C18H25N3O2. The van der Waals surface area contributed by atoms with E-state index in [1.54, 1.807) is 0 Å². The third-order valence-electron chi connectivity index (χ3n) is 5.75. The number of hydrogen-bond donors (Lipinski definition) is 3. The highest BCUT2D eigenvalue weighted by molar-refractivity contribution is 5.83. The van der Waals surface area contributed by atoms with Gasteiger partial charge in [-0.1, -0.05) is 18.2 Å². The smallest absolute Gasteiger partial charge is 0.226 e. The molecule has 1 spiro atoms. The van der Waals surface area contributed by atoms with Gasteiger partial charge < -0.3 is 15.7 Å². The van der Waals surface area contributed by atoms with E-state index in [1.165, 1.54) is 16.8 Å². The summed E-state index contributed by atoms with van der Waals surface area (Å²) in [7, 11) is 0. The summed E-state index contributed by atoms with van der Waals surface area (Å²) in [5.74, 6) is 0.143. The number of amides is 1. The van der Waals surface area contributed by atoms with Gasteiger partial charge in [0, 0.05) is 25.3 Å². The molecule has 1 amide bonds. The summed E-state index contributed by atoms with van der Waals surface area (Å²) in [6.07, 6.45) is 3.04. The first-order valence-corrected chi connectivity index (χ1v) is 8.70. The van der Waals surface area contributed by atoms with Crippen LogP contribution in [0.2, 0.25) is 0 Å². The molecule has 1 aromatic carbocycles. The highest BCUT2D eigenvalue weighted by Crippen LogP contribution is 2.39. The Hall–Kier alpha value is -1.59. The SMILES string of the molecule is O=C1NCC(O)CC12CCN(Cc1cccc3c1NCC3)CC2. The van der Waals surface area contributed by atoms with Gasteiger partial charge in [-0.3, -0.25) is 9.69 Å². The van der Waals surface area contributed by atoms with Crippen molar-refractivity contribution in [3.8, 4) is 0 Å². The Bertz CT molecular complexity index is 608. The van der Waals surface area contributed by atoms with Crippen LogP contribution in [0.3, 0.4) is 0 Å². The molecule has 0 aromatic heterocycles. The molecule has 0 aliphatic carbocycles. The number of para-hydroxylation sites is 1. The van der Waals surface area contributed by atoms with Crippen molar-refractivity contribution in [1.29, 1.82) is 0 Å². The monoisotopic (exact) mass is 315 g/mol. The van der Waals surface area contributed by atoms with Gasteiger partial charge in [0.15, 0.2) is 0 Å². The molecule has 124 valence electrons. The number of aliphatic hydroxyl groups is 1. The van der Waals surface area contributed by atoms with E-state index in [2.05, 4.69) is 33.7 Å². The van der Waals surface area contributed by atoms with Gasteiger partial charge >= 0.3 is 0 Å². The number of nitrogens with one attached hydrogen (secondary N) is 2. The van der Waals surface area contributed by atoms with Crippen LogP contribution in [0.25, 0.3) is 0 Å². The number of piperidine rings is 2. The molecule has 3 heterocycles. The molecule has 3 N–H and O–H groups in total. The van der Waals surface area contributed by atoms with Crippen LogP contribution >= 0.6 is 0 Å². The van der Waals surface area contributed by atoms with E-state index in [-0.39, 0.29) is 17.4 Å². The lowest BCUT2D eigenvalue weighted by molar-refractivity contribution is -0.141. The zero-order valence-electron chi connectivity index (χ0n) is 13.5. The number of carbonyl (C=O) groups excluding carboxylic acids is 1. The van der Waals surface area contributed by atoms with E-state index in [1.807, 2.05) is 0 Å². The molecule has 23 heavy (non-hydrogen) atoms. The van der Waals surface area contributed by atoms with E-state index in [9.17, 15) is 9.90 Å². The zero-order valence-corrected chi connectivity index (χ0v) is 13.5. The fourth-order valence-electron chi connectivity index (χ4n) is 4.37. The van der Waals surface area contributed by atoms with E-state index >= 15 is 0 Å². The predicted octanol–water partition coefficient (Wildman–Crippen LogP) is 1.12. The average Bonchev–Trinajstić information content (AvgIpc) is 3.03. The molecule has 2 saturated heterocycles. The average molecular weight is 315 g/mol. The first kappa shape index (κ1) is 15.0. The number of likely N-dealkylation sites (tertiary alicyclic amines) is 1. The summed E-state index contributed by atoms with van der Waals surface area (Å²) >= 11 is 0. The van der Waals surface area contributed by atoms with Crippen molar-refractivity contribution < 1.29 is 9.90 Å². The maximum Gasteiger partial charge on any atom is 0.226 e. The summed E-state index contributed by atoms with van der Waals surface area (Å²) in [5.41, 5.74) is 3.76. The number of aliphatic hydroxyl groups excluding tert-OH is 1. The third-order valence-corrected chi connectivity index (χ3v) is 5.75. The predicted molar refractivity (Wildman–Crippen MR) is 89.2 cm³/mol. The summed E-state index contributed by atoms with van der Waals surface area (Å²) in [6, 6.07) is 6.56. The Kier molecular flexibility index (Phi) is 3.77. The molecule has 1 aromatic rings. The fraction of sp³-hybridized carbons (Fsp3) is 0.611. The van der Waals surface area contributed by atoms with Gasteiger partial charge in [0.05, 0.1) is 11.5 Å². The van der Waals surface area contributed by atoms with Crippen LogP contribution < -0.4 is 10.6 Å². The highest BCUT2D eigenvalue weighted by atomic mass is 16.3. The second-order valence-electron chi connectivity index (χ2n) is 7.25. The second kappa shape index (κ2) is 5.80. The van der Waals surface area contributed by atoms with Crippen LogP contribution in [0.4, 0.5) is 5.69 Å². The molecule has 0 bridgehead atoms. The van der Waals surface area contributed by atoms with Gasteiger partial charge in [0.1, 0.15) is 0 Å². The van der Waals surface area contributed by atoms with Crippen molar-refractivity contribution in [2.75, 3.05) is 31.5 Å². The van der Waals surface area contributed by atoms with Crippen LogP contribution in [-0.4, -0.2) is 48.2 Å². The van der Waals surface area contributed by atoms with Gasteiger partial charge in [-0.25, -0.2) is 0 Å². The van der Waals surface area contributed by atoms with Crippen LogP contribution in [0.15, 0.2) is 18.2 Å². The molecule has 3 aliphatic heterocycles. The molecule has 2 fully saturated rings. The molecule has 1 atom stereocenters. The normalized spacial score (nSPS) is 26.7. The van der Waals surface area contributed by atoms with Gasteiger partial charge in [0.2, 0.25) is 5.91 Å². The van der Waals surface area contributed by atoms with Crippen LogP contribution in [-0.2, 0) is 17.8 Å². The lowest BCUT2D eigenvalue weighted by Crippen LogP contribution is -2.55. The van der Waals surface area contributed by atoms with Crippen LogP contribution in [0.5, 0.6) is 0 Å². The number of β-amino-alcohol motifs (C(OH)–C–C–N with tert-alkyl or cyclic N) is 1. The minimum absolute atomic E-state index is 0.143. The topological polar surface area (TPSA) is 64.6 Å². The minimum atomic E-state index is -0.388. The molecule has 5 nitrogen and oxygen atoms in total. The Morgan fingerprint density at radius 1 is 1.26 bits per heavy atom. The molecular weight excluding hydrogens is 290 g/mol. The maximum atomic E-state index is 12.3. The molecule has 0 radical (unpaired) electrons. The lowest BCUT2D eigenvalue weighted by Gasteiger charge is -2.44. The summed E-state index contributed by atoms with van der Waals surface area (Å²) in [5, 5.41) is 16.3. The number of fused-ring (bicyclic) bond motifs is 1. The van der Waals surface area contributed by atoms with Crippen molar-refractivity contribution in [2.45, 2.75) is 38.3 Å².